The van der Waals surface area contributed by atoms with Crippen LogP contribution in [0.4, 0.5) is 10.1 Å². The highest BCUT2D eigenvalue weighted by molar-refractivity contribution is 7.99. The van der Waals surface area contributed by atoms with Crippen molar-refractivity contribution in [3.05, 3.63) is 60.7 Å². The molecule has 2 aromatic carbocycles. The van der Waals surface area contributed by atoms with Gasteiger partial charge in [-0.05, 0) is 43.2 Å². The second kappa shape index (κ2) is 7.68. The molecule has 154 valence electrons. The number of anilines is 1. The lowest BCUT2D eigenvalue weighted by atomic mass is 10.2. The third kappa shape index (κ3) is 3.75. The van der Waals surface area contributed by atoms with Crippen molar-refractivity contribution >= 4 is 23.4 Å². The summed E-state index contributed by atoms with van der Waals surface area (Å²) in [4.78, 5) is 16.7. The molecule has 0 bridgehead atoms. The maximum absolute atomic E-state index is 13.5. The van der Waals surface area contributed by atoms with Gasteiger partial charge in [0.05, 0.1) is 11.4 Å². The number of hydrogen-bond acceptors (Lipinski definition) is 5. The number of hydrogen-bond donors (Lipinski definition) is 1. The molecule has 1 amide bonds. The molecule has 1 N–H and O–H groups in total. The average molecular weight is 425 g/mol. The van der Waals surface area contributed by atoms with Crippen molar-refractivity contribution in [3.63, 3.8) is 0 Å². The van der Waals surface area contributed by atoms with E-state index < -0.39 is 5.79 Å². The highest BCUT2D eigenvalue weighted by atomic mass is 32.2. The summed E-state index contributed by atoms with van der Waals surface area (Å²) in [6.07, 6.45) is 7.34. The summed E-state index contributed by atoms with van der Waals surface area (Å²) in [5.41, 5.74) is 1.32. The lowest BCUT2D eigenvalue weighted by Crippen LogP contribution is -2.34. The molecule has 1 aliphatic heterocycles. The molecule has 0 radical (unpaired) electrons. The molecule has 0 unspecified atom stereocenters. The lowest BCUT2D eigenvalue weighted by molar-refractivity contribution is -0.113. The standard InChI is InChI=1S/C22H20FN3O3S/c23-15-4-3-5-17(12-15)26-11-10-24-21(26)30-14-20(27)25-16-6-7-18-19(13-16)29-22(28-18)8-1-2-9-22/h3-7,10-13H,1-2,8-9,14H2,(H,25,27). The fourth-order valence-corrected chi connectivity index (χ4v) is 4.61. The Kier molecular flexibility index (Phi) is 4.86. The van der Waals surface area contributed by atoms with Gasteiger partial charge in [-0.1, -0.05) is 17.8 Å². The summed E-state index contributed by atoms with van der Waals surface area (Å²) in [6, 6.07) is 11.7. The molecule has 1 aromatic heterocycles. The van der Waals surface area contributed by atoms with Crippen LogP contribution >= 0.6 is 11.8 Å². The van der Waals surface area contributed by atoms with Crippen LogP contribution in [0.25, 0.3) is 5.69 Å². The topological polar surface area (TPSA) is 65.4 Å². The Balaban J connectivity index is 1.22. The van der Waals surface area contributed by atoms with E-state index in [0.29, 0.717) is 22.3 Å². The van der Waals surface area contributed by atoms with Crippen LogP contribution in [0.3, 0.4) is 0 Å². The predicted molar refractivity (Wildman–Crippen MR) is 112 cm³/mol. The van der Waals surface area contributed by atoms with E-state index >= 15 is 0 Å². The molecule has 1 saturated carbocycles. The van der Waals surface area contributed by atoms with Crippen LogP contribution in [0.5, 0.6) is 11.5 Å². The number of carbonyl (C=O) groups excluding carboxylic acids is 1. The summed E-state index contributed by atoms with van der Waals surface area (Å²) < 4.78 is 27.3. The lowest BCUT2D eigenvalue weighted by Gasteiger charge is -2.21. The number of nitrogens with one attached hydrogen (secondary N) is 1. The fourth-order valence-electron chi connectivity index (χ4n) is 3.84. The van der Waals surface area contributed by atoms with E-state index in [1.165, 1.54) is 23.9 Å². The van der Waals surface area contributed by atoms with Crippen LogP contribution in [0.2, 0.25) is 0 Å². The highest BCUT2D eigenvalue weighted by Crippen LogP contribution is 2.47. The number of benzene rings is 2. The SMILES string of the molecule is O=C(CSc1nccn1-c1cccc(F)c1)Nc1ccc2c(c1)OC1(CCCC1)O2. The Morgan fingerprint density at radius 3 is 2.83 bits per heavy atom. The molecule has 5 rings (SSSR count). The molecule has 1 aliphatic carbocycles. The van der Waals surface area contributed by atoms with Gasteiger partial charge in [-0.15, -0.1) is 0 Å². The third-order valence-corrected chi connectivity index (χ3v) is 6.18. The van der Waals surface area contributed by atoms with E-state index in [1.54, 1.807) is 35.2 Å². The maximum atomic E-state index is 13.5. The zero-order valence-electron chi connectivity index (χ0n) is 16.1. The van der Waals surface area contributed by atoms with Gasteiger partial charge in [0.25, 0.3) is 5.79 Å². The predicted octanol–water partition coefficient (Wildman–Crippen LogP) is 4.78. The summed E-state index contributed by atoms with van der Waals surface area (Å²) in [5.74, 6) is 0.560. The number of thioether (sulfide) groups is 1. The first-order valence-corrected chi connectivity index (χ1v) is 10.8. The zero-order chi connectivity index (χ0) is 20.6. The number of halogens is 1. The van der Waals surface area contributed by atoms with Crippen molar-refractivity contribution in [1.29, 1.82) is 0 Å². The van der Waals surface area contributed by atoms with Gasteiger partial charge in [0.15, 0.2) is 16.7 Å². The first kappa shape index (κ1) is 19.0. The molecule has 2 aliphatic rings. The van der Waals surface area contributed by atoms with Gasteiger partial charge < -0.3 is 14.8 Å². The number of ether oxygens (including phenoxy) is 2. The van der Waals surface area contributed by atoms with Gasteiger partial charge in [-0.25, -0.2) is 9.37 Å². The van der Waals surface area contributed by atoms with Crippen LogP contribution in [-0.4, -0.2) is 27.0 Å². The van der Waals surface area contributed by atoms with Crippen molar-refractivity contribution in [3.8, 4) is 17.2 Å². The van der Waals surface area contributed by atoms with Crippen LogP contribution in [-0.2, 0) is 4.79 Å². The number of aromatic nitrogens is 2. The van der Waals surface area contributed by atoms with Crippen molar-refractivity contribution in [2.45, 2.75) is 36.6 Å². The smallest absolute Gasteiger partial charge is 0.251 e. The van der Waals surface area contributed by atoms with Crippen molar-refractivity contribution in [2.24, 2.45) is 0 Å². The molecular formula is C22H20FN3O3S. The minimum Gasteiger partial charge on any atom is -0.448 e. The monoisotopic (exact) mass is 425 g/mol. The number of imidazole rings is 1. The molecule has 30 heavy (non-hydrogen) atoms. The Morgan fingerprint density at radius 2 is 2.00 bits per heavy atom. The Morgan fingerprint density at radius 1 is 1.17 bits per heavy atom. The van der Waals surface area contributed by atoms with Crippen LogP contribution < -0.4 is 14.8 Å². The second-order valence-electron chi connectivity index (χ2n) is 7.38. The first-order valence-electron chi connectivity index (χ1n) is 9.84. The van der Waals surface area contributed by atoms with E-state index in [-0.39, 0.29) is 17.5 Å². The minimum absolute atomic E-state index is 0.164. The minimum atomic E-state index is -0.519. The Labute approximate surface area is 177 Å². The van der Waals surface area contributed by atoms with Crippen molar-refractivity contribution in [2.75, 3.05) is 11.1 Å². The van der Waals surface area contributed by atoms with Gasteiger partial charge in [-0.3, -0.25) is 9.36 Å². The summed E-state index contributed by atoms with van der Waals surface area (Å²) in [6.45, 7) is 0. The number of amides is 1. The second-order valence-corrected chi connectivity index (χ2v) is 8.32. The molecule has 3 aromatic rings. The van der Waals surface area contributed by atoms with Crippen LogP contribution in [0.1, 0.15) is 25.7 Å². The highest BCUT2D eigenvalue weighted by Gasteiger charge is 2.44. The first-order chi connectivity index (χ1) is 14.6. The fraction of sp³-hybridized carbons (Fsp3) is 0.273. The number of fused-ring (bicyclic) bond motifs is 1. The van der Waals surface area contributed by atoms with Crippen LogP contribution in [0.15, 0.2) is 60.0 Å². The summed E-state index contributed by atoms with van der Waals surface area (Å²) in [7, 11) is 0. The van der Waals surface area contributed by atoms with Gasteiger partial charge in [0.2, 0.25) is 5.91 Å². The Hall–Kier alpha value is -3.00. The quantitative estimate of drug-likeness (QED) is 0.596. The molecule has 1 fully saturated rings. The van der Waals surface area contributed by atoms with Gasteiger partial charge >= 0.3 is 0 Å². The number of nitrogens with zero attached hydrogens (tertiary/aromatic N) is 2. The zero-order valence-corrected chi connectivity index (χ0v) is 17.0. The normalized spacial score (nSPS) is 16.2. The number of rotatable bonds is 5. The molecule has 6 nitrogen and oxygen atoms in total. The molecule has 1 spiro atoms. The number of carbonyl (C=O) groups is 1. The van der Waals surface area contributed by atoms with Gasteiger partial charge in [0.1, 0.15) is 5.82 Å². The average Bonchev–Trinajstić information content (AvgIpc) is 3.46. The molecule has 2 heterocycles. The summed E-state index contributed by atoms with van der Waals surface area (Å²) in [5, 5.41) is 3.50. The molecule has 8 heteroatoms. The van der Waals surface area contributed by atoms with E-state index in [2.05, 4.69) is 10.3 Å². The van der Waals surface area contributed by atoms with Gasteiger partial charge in [-0.2, -0.15) is 0 Å². The maximum Gasteiger partial charge on any atom is 0.251 e. The van der Waals surface area contributed by atoms with E-state index in [9.17, 15) is 9.18 Å². The molecular weight excluding hydrogens is 405 g/mol. The molecule has 0 saturated heterocycles. The Bertz CT molecular complexity index is 1090. The van der Waals surface area contributed by atoms with E-state index in [0.717, 1.165) is 31.4 Å². The van der Waals surface area contributed by atoms with Crippen molar-refractivity contribution in [1.82, 2.24) is 9.55 Å². The summed E-state index contributed by atoms with van der Waals surface area (Å²) >= 11 is 1.28. The molecule has 0 atom stereocenters. The third-order valence-electron chi connectivity index (χ3n) is 5.21. The van der Waals surface area contributed by atoms with E-state index in [4.69, 9.17) is 9.47 Å². The van der Waals surface area contributed by atoms with Crippen molar-refractivity contribution < 1.29 is 18.7 Å². The van der Waals surface area contributed by atoms with E-state index in [1.807, 2.05) is 12.1 Å². The largest absolute Gasteiger partial charge is 0.448 e. The van der Waals surface area contributed by atoms with Crippen LogP contribution in [0, 0.1) is 5.82 Å². The van der Waals surface area contributed by atoms with Gasteiger partial charge in [0, 0.05) is 37.0 Å².